The van der Waals surface area contributed by atoms with E-state index in [0.29, 0.717) is 0 Å². The number of aliphatic hydroxyl groups excluding tert-OH is 2. The first-order valence-electron chi connectivity index (χ1n) is 7.33. The first-order valence-corrected chi connectivity index (χ1v) is 8.94. The van der Waals surface area contributed by atoms with Gasteiger partial charge in [-0.15, -0.1) is 0 Å². The van der Waals surface area contributed by atoms with Gasteiger partial charge in [0.05, 0.1) is 24.6 Å². The Morgan fingerprint density at radius 1 is 0.800 bits per heavy atom. The Morgan fingerprint density at radius 2 is 1.16 bits per heavy atom. The van der Waals surface area contributed by atoms with E-state index >= 15 is 0 Å². The van der Waals surface area contributed by atoms with Crippen molar-refractivity contribution >= 4 is 21.2 Å². The number of phenols is 2. The van der Waals surface area contributed by atoms with Gasteiger partial charge in [-0.3, -0.25) is 0 Å². The summed E-state index contributed by atoms with van der Waals surface area (Å²) in [6.45, 7) is -1.52. The number of hydrogen-bond donors (Lipinski definition) is 6. The molecule has 0 fully saturated rings. The molecule has 2 aromatic rings. The van der Waals surface area contributed by atoms with Crippen LogP contribution in [-0.2, 0) is 9.84 Å². The van der Waals surface area contributed by atoms with Gasteiger partial charge in [-0.1, -0.05) is 12.1 Å². The van der Waals surface area contributed by atoms with Crippen LogP contribution in [0.2, 0.25) is 0 Å². The zero-order valence-corrected chi connectivity index (χ0v) is 14.0. The molecule has 0 bridgehead atoms. The summed E-state index contributed by atoms with van der Waals surface area (Å²) in [5, 5.41) is 35.8. The van der Waals surface area contributed by atoms with E-state index < -0.39 is 33.6 Å². The van der Waals surface area contributed by atoms with Crippen LogP contribution in [0.25, 0.3) is 0 Å². The van der Waals surface area contributed by atoms with Crippen molar-refractivity contribution in [2.45, 2.75) is 10.5 Å². The lowest BCUT2D eigenvalue weighted by molar-refractivity contribution is 0.278. The topological polar surface area (TPSA) is 167 Å². The smallest absolute Gasteiger partial charge is 0.168 e. The summed E-state index contributed by atoms with van der Waals surface area (Å²) in [7, 11) is -4.13. The standard InChI is InChI=1S/C16H20N2O6S/c17-11-3-1-9(5-13(11)21)15(7-19)25(23,24)16(8-20)10-2-4-12(18)14(22)6-10/h1-6,15-16,19-22H,7-8,17-18H2. The maximum Gasteiger partial charge on any atom is 0.168 e. The van der Waals surface area contributed by atoms with Crippen molar-refractivity contribution in [3.05, 3.63) is 47.5 Å². The Labute approximate surface area is 144 Å². The van der Waals surface area contributed by atoms with E-state index in [-0.39, 0.29) is 34.0 Å². The molecule has 9 heteroatoms. The third kappa shape index (κ3) is 3.63. The minimum atomic E-state index is -4.13. The second-order valence-electron chi connectivity index (χ2n) is 5.57. The first-order chi connectivity index (χ1) is 11.7. The summed E-state index contributed by atoms with van der Waals surface area (Å²) in [6, 6.07) is 7.72. The third-order valence-electron chi connectivity index (χ3n) is 3.98. The van der Waals surface area contributed by atoms with Crippen LogP contribution in [0.5, 0.6) is 11.5 Å². The second-order valence-corrected chi connectivity index (χ2v) is 7.88. The number of nitrogen functional groups attached to an aromatic ring is 2. The van der Waals surface area contributed by atoms with Crippen LogP contribution < -0.4 is 11.5 Å². The molecule has 0 saturated carbocycles. The predicted octanol–water partition coefficient (Wildman–Crippen LogP) is 0.444. The van der Waals surface area contributed by atoms with E-state index in [1.54, 1.807) is 0 Å². The molecule has 0 saturated heterocycles. The molecule has 0 spiro atoms. The van der Waals surface area contributed by atoms with Crippen molar-refractivity contribution in [3.8, 4) is 11.5 Å². The predicted molar refractivity (Wildman–Crippen MR) is 93.6 cm³/mol. The van der Waals surface area contributed by atoms with Gasteiger partial charge in [0.15, 0.2) is 9.84 Å². The average molecular weight is 368 g/mol. The van der Waals surface area contributed by atoms with Crippen LogP contribution >= 0.6 is 0 Å². The number of aliphatic hydroxyl groups is 2. The molecule has 2 unspecified atom stereocenters. The van der Waals surface area contributed by atoms with Crippen molar-refractivity contribution < 1.29 is 28.8 Å². The minimum Gasteiger partial charge on any atom is -0.506 e. The Kier molecular flexibility index (Phi) is 5.41. The minimum absolute atomic E-state index is 0.0694. The number of benzene rings is 2. The van der Waals surface area contributed by atoms with Crippen LogP contribution in [0.4, 0.5) is 11.4 Å². The van der Waals surface area contributed by atoms with Crippen molar-refractivity contribution in [2.75, 3.05) is 24.7 Å². The van der Waals surface area contributed by atoms with E-state index in [1.165, 1.54) is 24.3 Å². The maximum absolute atomic E-state index is 12.9. The summed E-state index contributed by atoms with van der Waals surface area (Å²) in [5.41, 5.74) is 11.4. The molecule has 0 aliphatic heterocycles. The van der Waals surface area contributed by atoms with Crippen molar-refractivity contribution in [1.82, 2.24) is 0 Å². The van der Waals surface area contributed by atoms with Crippen LogP contribution in [0.15, 0.2) is 36.4 Å². The van der Waals surface area contributed by atoms with Gasteiger partial charge < -0.3 is 31.9 Å². The van der Waals surface area contributed by atoms with Gasteiger partial charge in [0.25, 0.3) is 0 Å². The Bertz CT molecular complexity index is 803. The molecule has 8 nitrogen and oxygen atoms in total. The quantitative estimate of drug-likeness (QED) is 0.315. The van der Waals surface area contributed by atoms with Gasteiger partial charge in [-0.2, -0.15) is 0 Å². The fourth-order valence-electron chi connectivity index (χ4n) is 2.52. The van der Waals surface area contributed by atoms with E-state index in [0.717, 1.165) is 12.1 Å². The number of hydrogen-bond acceptors (Lipinski definition) is 8. The molecule has 0 heterocycles. The third-order valence-corrected chi connectivity index (χ3v) is 6.41. The van der Waals surface area contributed by atoms with Crippen molar-refractivity contribution in [3.63, 3.8) is 0 Å². The molecule has 2 rings (SSSR count). The lowest BCUT2D eigenvalue weighted by Gasteiger charge is -2.23. The molecule has 136 valence electrons. The summed E-state index contributed by atoms with van der Waals surface area (Å²) in [6.07, 6.45) is 0. The van der Waals surface area contributed by atoms with E-state index in [9.17, 15) is 28.8 Å². The second kappa shape index (κ2) is 7.18. The monoisotopic (exact) mass is 368 g/mol. The summed E-state index contributed by atoms with van der Waals surface area (Å²) >= 11 is 0. The van der Waals surface area contributed by atoms with Crippen LogP contribution in [0, 0.1) is 0 Å². The van der Waals surface area contributed by atoms with Gasteiger partial charge in [0.2, 0.25) is 0 Å². The number of nitrogens with two attached hydrogens (primary N) is 2. The Balaban J connectivity index is 2.50. The number of rotatable bonds is 6. The lowest BCUT2D eigenvalue weighted by atomic mass is 10.1. The molecular weight excluding hydrogens is 348 g/mol. The SMILES string of the molecule is Nc1ccc(C(CO)S(=O)(=O)C(CO)c2ccc(N)c(O)c2)cc1O. The van der Waals surface area contributed by atoms with E-state index in [2.05, 4.69) is 0 Å². The number of sulfone groups is 1. The van der Waals surface area contributed by atoms with Crippen molar-refractivity contribution in [1.29, 1.82) is 0 Å². The van der Waals surface area contributed by atoms with E-state index in [1.807, 2.05) is 0 Å². The highest BCUT2D eigenvalue weighted by Crippen LogP contribution is 2.37. The normalized spacial score (nSPS) is 14.2. The molecule has 8 N–H and O–H groups in total. The average Bonchev–Trinajstić information content (AvgIpc) is 2.55. The van der Waals surface area contributed by atoms with Gasteiger partial charge >= 0.3 is 0 Å². The molecule has 0 amide bonds. The highest BCUT2D eigenvalue weighted by Gasteiger charge is 2.36. The fraction of sp³-hybridized carbons (Fsp3) is 0.250. The highest BCUT2D eigenvalue weighted by molar-refractivity contribution is 7.92. The number of aromatic hydroxyl groups is 2. The molecular formula is C16H20N2O6S. The summed E-state index contributed by atoms with van der Waals surface area (Å²) < 4.78 is 25.9. The number of anilines is 2. The van der Waals surface area contributed by atoms with E-state index in [4.69, 9.17) is 11.5 Å². The molecule has 0 aliphatic carbocycles. The maximum atomic E-state index is 12.9. The molecule has 2 aromatic carbocycles. The van der Waals surface area contributed by atoms with Gasteiger partial charge in [-0.05, 0) is 35.4 Å². The van der Waals surface area contributed by atoms with Crippen LogP contribution in [0.3, 0.4) is 0 Å². The molecule has 0 aromatic heterocycles. The molecule has 0 radical (unpaired) electrons. The number of phenolic OH excluding ortho intramolecular Hbond substituents is 2. The van der Waals surface area contributed by atoms with Gasteiger partial charge in [-0.25, -0.2) is 8.42 Å². The zero-order valence-electron chi connectivity index (χ0n) is 13.2. The highest BCUT2D eigenvalue weighted by atomic mass is 32.2. The van der Waals surface area contributed by atoms with Crippen molar-refractivity contribution in [2.24, 2.45) is 0 Å². The van der Waals surface area contributed by atoms with Gasteiger partial charge in [0, 0.05) is 0 Å². The lowest BCUT2D eigenvalue weighted by Crippen LogP contribution is -2.26. The molecule has 2 atom stereocenters. The largest absolute Gasteiger partial charge is 0.506 e. The fourth-order valence-corrected chi connectivity index (χ4v) is 4.38. The zero-order chi connectivity index (χ0) is 18.8. The molecule has 0 aliphatic rings. The molecule has 25 heavy (non-hydrogen) atoms. The Morgan fingerprint density at radius 3 is 1.44 bits per heavy atom. The first kappa shape index (κ1) is 18.8. The van der Waals surface area contributed by atoms with Gasteiger partial charge in [0.1, 0.15) is 22.0 Å². The van der Waals surface area contributed by atoms with Crippen LogP contribution in [0.1, 0.15) is 21.6 Å². The Hall–Kier alpha value is -2.49. The summed E-state index contributed by atoms with van der Waals surface area (Å²) in [5.74, 6) is -0.617. The summed E-state index contributed by atoms with van der Waals surface area (Å²) in [4.78, 5) is 0. The van der Waals surface area contributed by atoms with Crippen LogP contribution in [-0.4, -0.2) is 42.1 Å².